The largest absolute Gasteiger partial charge is 0.481 e. The van der Waals surface area contributed by atoms with Crippen LogP contribution in [0.2, 0.25) is 0 Å². The highest BCUT2D eigenvalue weighted by molar-refractivity contribution is 5.77. The number of carbonyl (C=O) groups is 3. The molecule has 0 unspecified atom stereocenters. The number of aliphatic carboxylic acids is 1. The summed E-state index contributed by atoms with van der Waals surface area (Å²) in [7, 11) is 0. The van der Waals surface area contributed by atoms with Gasteiger partial charge in [0.15, 0.2) is 0 Å². The van der Waals surface area contributed by atoms with Gasteiger partial charge in [-0.05, 0) is 19.3 Å². The van der Waals surface area contributed by atoms with E-state index in [-0.39, 0.29) is 24.3 Å². The molecule has 1 aliphatic carbocycles. The van der Waals surface area contributed by atoms with Gasteiger partial charge in [-0.1, -0.05) is 0 Å². The van der Waals surface area contributed by atoms with Crippen LogP contribution in [0, 0.1) is 5.92 Å². The highest BCUT2D eigenvalue weighted by Gasteiger charge is 2.31. The molecule has 20 heavy (non-hydrogen) atoms. The second-order valence-electron chi connectivity index (χ2n) is 5.55. The van der Waals surface area contributed by atoms with Gasteiger partial charge in [0.05, 0.1) is 6.42 Å². The summed E-state index contributed by atoms with van der Waals surface area (Å²) in [5.74, 6) is -0.702. The summed E-state index contributed by atoms with van der Waals surface area (Å²) in [5, 5.41) is 14.2. The first-order valence-electron chi connectivity index (χ1n) is 7.08. The number of likely N-dealkylation sites (tertiary alicyclic amines) is 1. The van der Waals surface area contributed by atoms with E-state index in [1.165, 1.54) is 0 Å². The molecule has 0 atom stereocenters. The Morgan fingerprint density at radius 2 is 1.90 bits per heavy atom. The Morgan fingerprint density at radius 3 is 2.50 bits per heavy atom. The quantitative estimate of drug-likeness (QED) is 0.580. The second-order valence-corrected chi connectivity index (χ2v) is 5.55. The second kappa shape index (κ2) is 6.58. The average Bonchev–Trinajstić information content (AvgIpc) is 3.12. The number of urea groups is 1. The molecule has 1 heterocycles. The van der Waals surface area contributed by atoms with E-state index in [0.29, 0.717) is 38.5 Å². The molecule has 0 aromatic carbocycles. The minimum Gasteiger partial charge on any atom is -0.481 e. The summed E-state index contributed by atoms with van der Waals surface area (Å²) in [6.07, 6.45) is 3.32. The van der Waals surface area contributed by atoms with Crippen molar-refractivity contribution in [1.29, 1.82) is 0 Å². The molecule has 7 heteroatoms. The zero-order valence-corrected chi connectivity index (χ0v) is 11.4. The molecule has 1 aliphatic heterocycles. The van der Waals surface area contributed by atoms with Crippen molar-refractivity contribution >= 4 is 17.9 Å². The van der Waals surface area contributed by atoms with E-state index >= 15 is 0 Å². The minimum absolute atomic E-state index is 0.0484. The molecule has 3 N–H and O–H groups in total. The van der Waals surface area contributed by atoms with Gasteiger partial charge in [0.1, 0.15) is 0 Å². The number of hydrogen-bond acceptors (Lipinski definition) is 3. The van der Waals surface area contributed by atoms with Gasteiger partial charge < -0.3 is 20.6 Å². The molecule has 1 saturated carbocycles. The normalized spacial score (nSPS) is 18.3. The molecule has 0 spiro atoms. The molecule has 0 radical (unpaired) electrons. The molecule has 2 rings (SSSR count). The van der Waals surface area contributed by atoms with Crippen LogP contribution in [-0.4, -0.2) is 53.6 Å². The van der Waals surface area contributed by atoms with Crippen molar-refractivity contribution in [3.63, 3.8) is 0 Å². The third-order valence-electron chi connectivity index (χ3n) is 3.51. The van der Waals surface area contributed by atoms with Gasteiger partial charge in [0.2, 0.25) is 5.91 Å². The Bertz CT molecular complexity index is 389. The highest BCUT2D eigenvalue weighted by atomic mass is 16.4. The Hall–Kier alpha value is -1.79. The molecule has 2 fully saturated rings. The first-order chi connectivity index (χ1) is 9.54. The summed E-state index contributed by atoms with van der Waals surface area (Å²) < 4.78 is 0. The molecular weight excluding hydrogens is 262 g/mol. The lowest BCUT2D eigenvalue weighted by Gasteiger charge is -2.38. The van der Waals surface area contributed by atoms with Gasteiger partial charge in [0.25, 0.3) is 0 Å². The maximum absolute atomic E-state index is 11.7. The smallest absolute Gasteiger partial charge is 0.317 e. The minimum atomic E-state index is -0.822. The number of amides is 3. The van der Waals surface area contributed by atoms with Crippen LogP contribution < -0.4 is 10.6 Å². The van der Waals surface area contributed by atoms with E-state index in [9.17, 15) is 14.4 Å². The van der Waals surface area contributed by atoms with Crippen LogP contribution in [0.1, 0.15) is 32.1 Å². The van der Waals surface area contributed by atoms with Gasteiger partial charge in [-0.15, -0.1) is 0 Å². The lowest BCUT2D eigenvalue weighted by atomic mass is 9.97. The van der Waals surface area contributed by atoms with Crippen LogP contribution in [0.3, 0.4) is 0 Å². The van der Waals surface area contributed by atoms with Crippen LogP contribution in [0.15, 0.2) is 0 Å². The molecule has 0 aromatic rings. The predicted octanol–water partition coefficient (Wildman–Crippen LogP) is 0.161. The van der Waals surface area contributed by atoms with Crippen LogP contribution in [0.4, 0.5) is 4.79 Å². The lowest BCUT2D eigenvalue weighted by molar-refractivity contribution is -0.139. The van der Waals surface area contributed by atoms with Crippen LogP contribution >= 0.6 is 0 Å². The molecule has 112 valence electrons. The fraction of sp³-hybridized carbons (Fsp3) is 0.769. The van der Waals surface area contributed by atoms with E-state index in [4.69, 9.17) is 5.11 Å². The first kappa shape index (κ1) is 14.6. The molecular formula is C13H21N3O4. The molecule has 0 bridgehead atoms. The number of rotatable bonds is 7. The number of hydrogen-bond donors (Lipinski definition) is 3. The molecule has 0 aromatic heterocycles. The van der Waals surface area contributed by atoms with E-state index in [0.717, 1.165) is 12.8 Å². The van der Waals surface area contributed by atoms with Gasteiger partial charge in [-0.25, -0.2) is 4.79 Å². The van der Waals surface area contributed by atoms with Crippen molar-refractivity contribution in [2.75, 3.05) is 19.6 Å². The summed E-state index contributed by atoms with van der Waals surface area (Å²) >= 11 is 0. The van der Waals surface area contributed by atoms with E-state index in [2.05, 4.69) is 10.6 Å². The van der Waals surface area contributed by atoms with Crippen LogP contribution in [0.25, 0.3) is 0 Å². The number of carboxylic acids is 1. The van der Waals surface area contributed by atoms with Gasteiger partial charge in [-0.2, -0.15) is 0 Å². The van der Waals surface area contributed by atoms with E-state index in [1.807, 2.05) is 0 Å². The first-order valence-corrected chi connectivity index (χ1v) is 7.08. The number of nitrogens with zero attached hydrogens (tertiary/aromatic N) is 1. The Balaban J connectivity index is 1.48. The Kier molecular flexibility index (Phi) is 4.81. The summed E-state index contributed by atoms with van der Waals surface area (Å²) in [6, 6.07) is 0.207. The average molecular weight is 283 g/mol. The molecule has 2 aliphatic rings. The number of nitrogens with one attached hydrogen (secondary N) is 2. The third-order valence-corrected chi connectivity index (χ3v) is 3.51. The topological polar surface area (TPSA) is 98.7 Å². The maximum Gasteiger partial charge on any atom is 0.317 e. The van der Waals surface area contributed by atoms with Gasteiger partial charge >= 0.3 is 12.0 Å². The summed E-state index contributed by atoms with van der Waals surface area (Å²) in [6.45, 7) is 1.47. The highest BCUT2D eigenvalue weighted by Crippen LogP contribution is 2.19. The van der Waals surface area contributed by atoms with Crippen molar-refractivity contribution in [1.82, 2.24) is 15.5 Å². The number of carboxylic acid groups (broad SMARTS) is 1. The Labute approximate surface area is 117 Å². The monoisotopic (exact) mass is 283 g/mol. The van der Waals surface area contributed by atoms with E-state index < -0.39 is 5.97 Å². The fourth-order valence-electron chi connectivity index (χ4n) is 2.20. The van der Waals surface area contributed by atoms with E-state index in [1.54, 1.807) is 4.90 Å². The van der Waals surface area contributed by atoms with Crippen LogP contribution in [0.5, 0.6) is 0 Å². The molecule has 7 nitrogen and oxygen atoms in total. The van der Waals surface area contributed by atoms with Crippen molar-refractivity contribution < 1.29 is 19.5 Å². The number of carbonyl (C=O) groups excluding carboxylic acids is 2. The van der Waals surface area contributed by atoms with Crippen molar-refractivity contribution in [2.45, 2.75) is 38.1 Å². The summed E-state index contributed by atoms with van der Waals surface area (Å²) in [4.78, 5) is 35.1. The SMILES string of the molecule is O=C(O)CC1CN(C(=O)NCCCC(=O)NC2CC2)C1. The standard InChI is InChI=1S/C13H21N3O4/c17-11(15-10-3-4-10)2-1-5-14-13(20)16-7-9(8-16)6-12(18)19/h9-10H,1-8H2,(H,14,20)(H,15,17)(H,18,19). The zero-order valence-electron chi connectivity index (χ0n) is 11.4. The van der Waals surface area contributed by atoms with Crippen molar-refractivity contribution in [3.05, 3.63) is 0 Å². The fourth-order valence-corrected chi connectivity index (χ4v) is 2.20. The Morgan fingerprint density at radius 1 is 1.20 bits per heavy atom. The molecule has 1 saturated heterocycles. The van der Waals surface area contributed by atoms with Crippen molar-refractivity contribution in [2.24, 2.45) is 5.92 Å². The predicted molar refractivity (Wildman–Crippen MR) is 71.1 cm³/mol. The molecule has 3 amide bonds. The zero-order chi connectivity index (χ0) is 14.5. The van der Waals surface area contributed by atoms with Gasteiger partial charge in [0, 0.05) is 38.0 Å². The summed E-state index contributed by atoms with van der Waals surface area (Å²) in [5.41, 5.74) is 0. The third kappa shape index (κ3) is 4.71. The maximum atomic E-state index is 11.7. The van der Waals surface area contributed by atoms with Crippen molar-refractivity contribution in [3.8, 4) is 0 Å². The van der Waals surface area contributed by atoms with Gasteiger partial charge in [-0.3, -0.25) is 9.59 Å². The lowest BCUT2D eigenvalue weighted by Crippen LogP contribution is -2.54. The van der Waals surface area contributed by atoms with Crippen LogP contribution in [-0.2, 0) is 9.59 Å².